The van der Waals surface area contributed by atoms with Crippen LogP contribution in [0.5, 0.6) is 0 Å². The third-order valence-corrected chi connectivity index (χ3v) is 2.05. The van der Waals surface area contributed by atoms with Gasteiger partial charge in [-0.1, -0.05) is 30.3 Å². The van der Waals surface area contributed by atoms with Crippen molar-refractivity contribution in [2.24, 2.45) is 0 Å². The van der Waals surface area contributed by atoms with E-state index in [-0.39, 0.29) is 25.7 Å². The lowest BCUT2D eigenvalue weighted by Crippen LogP contribution is -2.37. The van der Waals surface area contributed by atoms with Gasteiger partial charge >= 0.3 is 6.09 Å². The number of ether oxygens (including phenoxy) is 1. The molecule has 98 valence electrons. The molecule has 0 aliphatic rings. The summed E-state index contributed by atoms with van der Waals surface area (Å²) in [4.78, 5) is 22.3. The second kappa shape index (κ2) is 8.08. The average molecular weight is 252 g/mol. The second-order valence-corrected chi connectivity index (χ2v) is 3.48. The second-order valence-electron chi connectivity index (χ2n) is 3.48. The Morgan fingerprint density at radius 3 is 2.56 bits per heavy atom. The van der Waals surface area contributed by atoms with Gasteiger partial charge in [-0.15, -0.1) is 0 Å². The predicted molar refractivity (Wildman–Crippen MR) is 64.7 cm³/mol. The van der Waals surface area contributed by atoms with Crippen LogP contribution in [0.25, 0.3) is 0 Å². The summed E-state index contributed by atoms with van der Waals surface area (Å²) in [5, 5.41) is 13.3. The SMILES string of the molecule is O=C(CNC(=O)OCCO)NCc1ccccc1. The van der Waals surface area contributed by atoms with Crippen LogP contribution in [0, 0.1) is 0 Å². The summed E-state index contributed by atoms with van der Waals surface area (Å²) < 4.78 is 4.52. The number of aliphatic hydroxyl groups excluding tert-OH is 1. The summed E-state index contributed by atoms with van der Waals surface area (Å²) in [5.41, 5.74) is 0.980. The van der Waals surface area contributed by atoms with Crippen molar-refractivity contribution in [3.05, 3.63) is 35.9 Å². The first kappa shape index (κ1) is 14.0. The van der Waals surface area contributed by atoms with Crippen molar-refractivity contribution in [3.63, 3.8) is 0 Å². The van der Waals surface area contributed by atoms with Crippen molar-refractivity contribution in [1.29, 1.82) is 0 Å². The molecule has 0 heterocycles. The highest BCUT2D eigenvalue weighted by Crippen LogP contribution is 1.96. The maximum atomic E-state index is 11.4. The van der Waals surface area contributed by atoms with E-state index in [9.17, 15) is 9.59 Å². The number of carbonyl (C=O) groups is 2. The minimum atomic E-state index is -0.723. The van der Waals surface area contributed by atoms with Crippen molar-refractivity contribution in [1.82, 2.24) is 10.6 Å². The molecule has 0 unspecified atom stereocenters. The Morgan fingerprint density at radius 2 is 1.89 bits per heavy atom. The van der Waals surface area contributed by atoms with Gasteiger partial charge in [0, 0.05) is 6.54 Å². The predicted octanol–water partition coefficient (Wildman–Crippen LogP) is 0.0213. The molecular weight excluding hydrogens is 236 g/mol. The van der Waals surface area contributed by atoms with Gasteiger partial charge in [0.15, 0.2) is 0 Å². The quantitative estimate of drug-likeness (QED) is 0.666. The van der Waals surface area contributed by atoms with Crippen LogP contribution in [0.4, 0.5) is 4.79 Å². The van der Waals surface area contributed by atoms with E-state index in [4.69, 9.17) is 5.11 Å². The van der Waals surface area contributed by atoms with E-state index in [1.807, 2.05) is 30.3 Å². The van der Waals surface area contributed by atoms with Gasteiger partial charge in [0.05, 0.1) is 6.61 Å². The van der Waals surface area contributed by atoms with E-state index < -0.39 is 6.09 Å². The van der Waals surface area contributed by atoms with Gasteiger partial charge in [0.25, 0.3) is 0 Å². The van der Waals surface area contributed by atoms with Gasteiger partial charge in [0.2, 0.25) is 5.91 Å². The lowest BCUT2D eigenvalue weighted by Gasteiger charge is -2.07. The maximum absolute atomic E-state index is 11.4. The van der Waals surface area contributed by atoms with E-state index in [0.29, 0.717) is 6.54 Å². The number of carbonyl (C=O) groups excluding carboxylic acids is 2. The Bertz CT molecular complexity index is 381. The third kappa shape index (κ3) is 5.86. The molecule has 0 bridgehead atoms. The zero-order valence-electron chi connectivity index (χ0n) is 9.89. The van der Waals surface area contributed by atoms with Crippen LogP contribution in [-0.4, -0.2) is 36.9 Å². The van der Waals surface area contributed by atoms with Crippen LogP contribution in [0.1, 0.15) is 5.56 Å². The van der Waals surface area contributed by atoms with Crippen LogP contribution in [0.15, 0.2) is 30.3 Å². The maximum Gasteiger partial charge on any atom is 0.407 e. The molecule has 0 atom stereocenters. The molecule has 2 amide bonds. The smallest absolute Gasteiger partial charge is 0.407 e. The molecule has 1 aromatic rings. The number of alkyl carbamates (subject to hydrolysis) is 1. The molecule has 3 N–H and O–H groups in total. The van der Waals surface area contributed by atoms with Crippen LogP contribution >= 0.6 is 0 Å². The molecule has 6 nitrogen and oxygen atoms in total. The Labute approximate surface area is 105 Å². The van der Waals surface area contributed by atoms with E-state index in [1.54, 1.807) is 0 Å². The summed E-state index contributed by atoms with van der Waals surface area (Å²) in [5.74, 6) is -0.306. The minimum Gasteiger partial charge on any atom is -0.447 e. The summed E-state index contributed by atoms with van der Waals surface area (Å²) in [6, 6.07) is 9.44. The molecular formula is C12H16N2O4. The van der Waals surface area contributed by atoms with E-state index >= 15 is 0 Å². The van der Waals surface area contributed by atoms with Gasteiger partial charge in [-0.2, -0.15) is 0 Å². The highest BCUT2D eigenvalue weighted by Gasteiger charge is 2.05. The first-order chi connectivity index (χ1) is 8.72. The molecule has 0 aliphatic carbocycles. The largest absolute Gasteiger partial charge is 0.447 e. The zero-order valence-corrected chi connectivity index (χ0v) is 9.89. The van der Waals surface area contributed by atoms with E-state index in [0.717, 1.165) is 5.56 Å². The fourth-order valence-electron chi connectivity index (χ4n) is 1.20. The van der Waals surface area contributed by atoms with Crippen LogP contribution in [0.2, 0.25) is 0 Å². The molecule has 0 spiro atoms. The highest BCUT2D eigenvalue weighted by atomic mass is 16.6. The Morgan fingerprint density at radius 1 is 1.17 bits per heavy atom. The first-order valence-corrected chi connectivity index (χ1v) is 5.54. The van der Waals surface area contributed by atoms with Crippen molar-refractivity contribution in [3.8, 4) is 0 Å². The lowest BCUT2D eigenvalue weighted by atomic mass is 10.2. The number of aliphatic hydroxyl groups is 1. The Kier molecular flexibility index (Phi) is 6.27. The average Bonchev–Trinajstić information content (AvgIpc) is 2.41. The molecule has 18 heavy (non-hydrogen) atoms. The standard InChI is InChI=1S/C12H16N2O4/c15-6-7-18-12(17)14-9-11(16)13-8-10-4-2-1-3-5-10/h1-5,15H,6-9H2,(H,13,16)(H,14,17). The van der Waals surface area contributed by atoms with Crippen molar-refractivity contribution < 1.29 is 19.4 Å². The van der Waals surface area contributed by atoms with Gasteiger partial charge < -0.3 is 20.5 Å². The molecule has 0 fully saturated rings. The molecule has 0 saturated heterocycles. The number of hydrogen-bond acceptors (Lipinski definition) is 4. The molecule has 0 aliphatic heterocycles. The minimum absolute atomic E-state index is 0.0858. The fraction of sp³-hybridized carbons (Fsp3) is 0.333. The van der Waals surface area contributed by atoms with E-state index in [1.165, 1.54) is 0 Å². The number of amides is 2. The number of rotatable bonds is 6. The fourth-order valence-corrected chi connectivity index (χ4v) is 1.20. The number of nitrogens with one attached hydrogen (secondary N) is 2. The Balaban J connectivity index is 2.16. The van der Waals surface area contributed by atoms with E-state index in [2.05, 4.69) is 15.4 Å². The van der Waals surface area contributed by atoms with Crippen molar-refractivity contribution >= 4 is 12.0 Å². The lowest BCUT2D eigenvalue weighted by molar-refractivity contribution is -0.120. The Hall–Kier alpha value is -2.08. The topological polar surface area (TPSA) is 87.7 Å². The number of hydrogen-bond donors (Lipinski definition) is 3. The van der Waals surface area contributed by atoms with Crippen molar-refractivity contribution in [2.75, 3.05) is 19.8 Å². The monoisotopic (exact) mass is 252 g/mol. The summed E-state index contributed by atoms with van der Waals surface area (Å²) in [7, 11) is 0. The number of benzene rings is 1. The molecule has 1 rings (SSSR count). The molecule has 1 aromatic carbocycles. The summed E-state index contributed by atoms with van der Waals surface area (Å²) in [6.07, 6.45) is -0.723. The van der Waals surface area contributed by atoms with Crippen LogP contribution < -0.4 is 10.6 Å². The summed E-state index contributed by atoms with van der Waals surface area (Å²) in [6.45, 7) is -0.0742. The van der Waals surface area contributed by atoms with Gasteiger partial charge in [-0.3, -0.25) is 4.79 Å². The summed E-state index contributed by atoms with van der Waals surface area (Å²) >= 11 is 0. The van der Waals surface area contributed by atoms with Crippen molar-refractivity contribution in [2.45, 2.75) is 6.54 Å². The highest BCUT2D eigenvalue weighted by molar-refractivity contribution is 5.82. The van der Waals surface area contributed by atoms with Crippen LogP contribution in [-0.2, 0) is 16.1 Å². The van der Waals surface area contributed by atoms with Gasteiger partial charge in [-0.05, 0) is 5.56 Å². The zero-order chi connectivity index (χ0) is 13.2. The molecule has 6 heteroatoms. The molecule has 0 aromatic heterocycles. The first-order valence-electron chi connectivity index (χ1n) is 5.54. The normalized spacial score (nSPS) is 9.61. The third-order valence-electron chi connectivity index (χ3n) is 2.05. The molecule has 0 radical (unpaired) electrons. The van der Waals surface area contributed by atoms with Gasteiger partial charge in [-0.25, -0.2) is 4.79 Å². The van der Waals surface area contributed by atoms with Gasteiger partial charge in [0.1, 0.15) is 13.2 Å². The van der Waals surface area contributed by atoms with Crippen LogP contribution in [0.3, 0.4) is 0 Å². The molecule has 0 saturated carbocycles.